The van der Waals surface area contributed by atoms with Gasteiger partial charge in [0.15, 0.2) is 0 Å². The van der Waals surface area contributed by atoms with Crippen LogP contribution >= 0.6 is 0 Å². The normalized spacial score (nSPS) is 14.2. The Morgan fingerprint density at radius 1 is 0.303 bits per heavy atom. The third-order valence-corrected chi connectivity index (χ3v) is 10.7. The number of rotatable bonds is 54. The van der Waals surface area contributed by atoms with Crippen molar-refractivity contribution in [1.29, 1.82) is 0 Å². The van der Waals surface area contributed by atoms with Gasteiger partial charge in [-0.15, -0.1) is 0 Å². The molecule has 0 aliphatic carbocycles. The fourth-order valence-electron chi connectivity index (χ4n) is 7.15. The van der Waals surface area contributed by atoms with Crippen LogP contribution in [0.2, 0.25) is 0 Å². The molecule has 0 radical (unpaired) electrons. The van der Waals surface area contributed by atoms with Gasteiger partial charge in [0.05, 0.1) is 159 Å². The molecule has 19 heteroatoms. The highest BCUT2D eigenvalue weighted by Crippen LogP contribution is 2.48. The molecule has 0 fully saturated rings. The van der Waals surface area contributed by atoms with Gasteiger partial charge in [-0.1, -0.05) is 53.4 Å². The van der Waals surface area contributed by atoms with Gasteiger partial charge < -0.3 is 85.3 Å². The summed E-state index contributed by atoms with van der Waals surface area (Å²) in [5, 5.41) is 0. The zero-order chi connectivity index (χ0) is 48.9. The van der Waals surface area contributed by atoms with Crippen LogP contribution in [0, 0.1) is 0 Å². The predicted molar refractivity (Wildman–Crippen MR) is 247 cm³/mol. The third kappa shape index (κ3) is 24.7. The summed E-state index contributed by atoms with van der Waals surface area (Å²) in [6.45, 7) is 12.9. The van der Waals surface area contributed by atoms with Gasteiger partial charge >= 0.3 is 0 Å². The van der Waals surface area contributed by atoms with Crippen molar-refractivity contribution in [2.45, 2.75) is 102 Å². The first kappa shape index (κ1) is 65.0. The Labute approximate surface area is 398 Å². The highest BCUT2D eigenvalue weighted by Gasteiger charge is 2.71. The van der Waals surface area contributed by atoms with E-state index >= 15 is 4.79 Å². The van der Waals surface area contributed by atoms with Gasteiger partial charge in [-0.25, -0.2) is 0 Å². The standard InChI is InChI=1S/C47H94O19/c1-11-15-17-44(13-3,61-37-31-55-25-19-49-5)46(63-39-33-57-27-21-51-7,64-40-34-58-28-22-52-8)43(48)47(65-41-35-59-29-23-53-9,66-42-36-60-30-24-54-10)45(14-4,18-16-12-2)62-38-32-56-26-20-50-6/h11-42H2,1-10H3. The summed E-state index contributed by atoms with van der Waals surface area (Å²) in [5.74, 6) is -5.16. The molecule has 0 N–H and O–H groups in total. The van der Waals surface area contributed by atoms with Crippen LogP contribution in [0.4, 0.5) is 0 Å². The first-order valence-electron chi connectivity index (χ1n) is 24.0. The highest BCUT2D eigenvalue weighted by molar-refractivity contribution is 5.95. The number of methoxy groups -OCH3 is 6. The molecule has 0 aliphatic heterocycles. The fourth-order valence-corrected chi connectivity index (χ4v) is 7.15. The lowest BCUT2D eigenvalue weighted by molar-refractivity contribution is -0.364. The van der Waals surface area contributed by atoms with Gasteiger partial charge in [-0.05, 0) is 25.7 Å². The van der Waals surface area contributed by atoms with Crippen molar-refractivity contribution < 1.29 is 90.1 Å². The molecule has 0 heterocycles. The minimum Gasteiger partial charge on any atom is -0.382 e. The Kier molecular flexibility index (Phi) is 43.2. The second kappa shape index (κ2) is 43.9. The molecule has 0 spiro atoms. The van der Waals surface area contributed by atoms with Crippen molar-refractivity contribution >= 4 is 5.78 Å². The van der Waals surface area contributed by atoms with Crippen LogP contribution in [0.15, 0.2) is 0 Å². The first-order valence-corrected chi connectivity index (χ1v) is 24.0. The van der Waals surface area contributed by atoms with Crippen LogP contribution < -0.4 is 0 Å². The molecular weight excluding hydrogens is 868 g/mol. The number of Topliss-reactive ketones (excluding diaryl/α,β-unsaturated/α-hetero) is 1. The molecule has 0 saturated heterocycles. The molecule has 66 heavy (non-hydrogen) atoms. The predicted octanol–water partition coefficient (Wildman–Crippen LogP) is 4.70. The zero-order valence-electron chi connectivity index (χ0n) is 42.9. The van der Waals surface area contributed by atoms with Crippen molar-refractivity contribution in [2.24, 2.45) is 0 Å². The Morgan fingerprint density at radius 3 is 0.712 bits per heavy atom. The molecule has 0 aliphatic rings. The maximum Gasteiger partial charge on any atom is 0.265 e. The van der Waals surface area contributed by atoms with E-state index in [4.69, 9.17) is 85.3 Å². The molecule has 0 aromatic rings. The van der Waals surface area contributed by atoms with Crippen molar-refractivity contribution in [3.63, 3.8) is 0 Å². The van der Waals surface area contributed by atoms with E-state index in [1.807, 2.05) is 13.8 Å². The van der Waals surface area contributed by atoms with Crippen molar-refractivity contribution in [3.8, 4) is 0 Å². The number of hydrogen-bond donors (Lipinski definition) is 0. The lowest BCUT2D eigenvalue weighted by Gasteiger charge is -2.55. The monoisotopic (exact) mass is 963 g/mol. The minimum absolute atomic E-state index is 0.0832. The molecule has 19 nitrogen and oxygen atoms in total. The van der Waals surface area contributed by atoms with Gasteiger partial charge in [-0.2, -0.15) is 0 Å². The molecule has 0 aromatic carbocycles. The SMILES string of the molecule is CCCCC(CC)(OCCOCCOC)C(OCCOCCOC)(OCCOCCOC)C(=O)C(OCCOCCOC)(OCCOCCOC)C(CC)(CCCC)OCCOCCOC. The summed E-state index contributed by atoms with van der Waals surface area (Å²) >= 11 is 0. The molecule has 0 saturated carbocycles. The molecule has 0 amide bonds. The minimum atomic E-state index is -2.24. The first-order chi connectivity index (χ1) is 32.3. The van der Waals surface area contributed by atoms with E-state index < -0.39 is 28.6 Å². The van der Waals surface area contributed by atoms with E-state index in [-0.39, 0.29) is 92.1 Å². The van der Waals surface area contributed by atoms with Crippen LogP contribution in [-0.2, 0) is 90.1 Å². The highest BCUT2D eigenvalue weighted by atomic mass is 16.8. The average molecular weight is 963 g/mol. The maximum absolute atomic E-state index is 17.0. The summed E-state index contributed by atoms with van der Waals surface area (Å²) in [6.07, 6.45) is 4.07. The number of unbranched alkanes of at least 4 members (excludes halogenated alkanes) is 2. The fraction of sp³-hybridized carbons (Fsp3) is 0.979. The maximum atomic E-state index is 17.0. The summed E-state index contributed by atoms with van der Waals surface area (Å²) in [5.41, 5.74) is -2.92. The molecule has 2 unspecified atom stereocenters. The van der Waals surface area contributed by atoms with Gasteiger partial charge in [0, 0.05) is 42.7 Å². The van der Waals surface area contributed by atoms with Gasteiger partial charge in [0.1, 0.15) is 11.2 Å². The Bertz CT molecular complexity index is 951. The summed E-state index contributed by atoms with van der Waals surface area (Å²) in [7, 11) is 9.63. The van der Waals surface area contributed by atoms with Gasteiger partial charge in [0.2, 0.25) is 0 Å². The topological polar surface area (TPSA) is 183 Å². The number of hydrogen-bond acceptors (Lipinski definition) is 19. The van der Waals surface area contributed by atoms with Crippen molar-refractivity contribution in [2.75, 3.05) is 201 Å². The van der Waals surface area contributed by atoms with Crippen LogP contribution in [-0.4, -0.2) is 230 Å². The molecule has 0 bridgehead atoms. The summed E-state index contributed by atoms with van der Waals surface area (Å²) < 4.78 is 109. The van der Waals surface area contributed by atoms with E-state index in [9.17, 15) is 0 Å². The van der Waals surface area contributed by atoms with Crippen molar-refractivity contribution in [1.82, 2.24) is 0 Å². The van der Waals surface area contributed by atoms with Crippen LogP contribution in [0.25, 0.3) is 0 Å². The summed E-state index contributed by atoms with van der Waals surface area (Å²) in [6, 6.07) is 0. The van der Waals surface area contributed by atoms with E-state index in [1.165, 1.54) is 0 Å². The van der Waals surface area contributed by atoms with Crippen LogP contribution in [0.5, 0.6) is 0 Å². The van der Waals surface area contributed by atoms with Crippen molar-refractivity contribution in [3.05, 3.63) is 0 Å². The second-order valence-corrected chi connectivity index (χ2v) is 15.2. The van der Waals surface area contributed by atoms with Crippen LogP contribution in [0.1, 0.15) is 79.1 Å². The lowest BCUT2D eigenvalue weighted by atomic mass is 9.73. The quantitative estimate of drug-likeness (QED) is 0.0603. The van der Waals surface area contributed by atoms with Crippen LogP contribution in [0.3, 0.4) is 0 Å². The number of carbonyl (C=O) groups excluding carboxylic acids is 1. The average Bonchev–Trinajstić information content (AvgIpc) is 3.33. The van der Waals surface area contributed by atoms with E-state index in [1.54, 1.807) is 42.7 Å². The van der Waals surface area contributed by atoms with Gasteiger partial charge in [0.25, 0.3) is 17.4 Å². The largest absolute Gasteiger partial charge is 0.382 e. The Balaban J connectivity index is 8.43. The second-order valence-electron chi connectivity index (χ2n) is 15.2. The van der Waals surface area contributed by atoms with E-state index in [0.717, 1.165) is 12.8 Å². The smallest absolute Gasteiger partial charge is 0.265 e. The summed E-state index contributed by atoms with van der Waals surface area (Å²) in [4.78, 5) is 17.0. The molecule has 396 valence electrons. The molecular formula is C47H94O19. The third-order valence-electron chi connectivity index (χ3n) is 10.7. The van der Waals surface area contributed by atoms with Gasteiger partial charge in [-0.3, -0.25) is 4.79 Å². The Morgan fingerprint density at radius 2 is 0.515 bits per heavy atom. The number of carbonyl (C=O) groups is 1. The number of ketones is 1. The zero-order valence-corrected chi connectivity index (χ0v) is 42.9. The Hall–Kier alpha value is -1.05. The molecule has 2 atom stereocenters. The lowest BCUT2D eigenvalue weighted by Crippen LogP contribution is -2.75. The van der Waals surface area contributed by atoms with E-state index in [0.29, 0.717) is 105 Å². The molecule has 0 aromatic heterocycles. The number of ether oxygens (including phenoxy) is 18. The molecule has 0 rings (SSSR count). The van der Waals surface area contributed by atoms with E-state index in [2.05, 4.69) is 13.8 Å².